The summed E-state index contributed by atoms with van der Waals surface area (Å²) in [6, 6.07) is 20.6. The van der Waals surface area contributed by atoms with Gasteiger partial charge in [-0.25, -0.2) is 4.39 Å². The predicted octanol–water partition coefficient (Wildman–Crippen LogP) is 7.13. The number of nitrogens with one attached hydrogen (secondary N) is 2. The fraction of sp³-hybridized carbons (Fsp3) is 0.172. The Morgan fingerprint density at radius 1 is 1.00 bits per heavy atom. The van der Waals surface area contributed by atoms with E-state index >= 15 is 0 Å². The normalized spacial score (nSPS) is 19.6. The van der Waals surface area contributed by atoms with Crippen LogP contribution in [0, 0.1) is 5.82 Å². The standard InChI is InChI=1S/C29H23Cl2FN2O2/c1-16-26(29(36)34-21-10-8-20(32)9-11-21)27(22-12-7-19(30)15-23(22)31)28-24(33-16)13-18(14-25(28)35)17-5-3-2-4-6-17/h2-12,15,18,27,33H,13-14H2,1H3,(H,34,36). The van der Waals surface area contributed by atoms with E-state index in [9.17, 15) is 14.0 Å². The maximum atomic E-state index is 13.7. The molecule has 1 aliphatic heterocycles. The third kappa shape index (κ3) is 4.69. The van der Waals surface area contributed by atoms with E-state index in [1.54, 1.807) is 18.2 Å². The Hall–Kier alpha value is -3.41. The van der Waals surface area contributed by atoms with Crippen LogP contribution in [0.5, 0.6) is 0 Å². The van der Waals surface area contributed by atoms with Gasteiger partial charge in [0.2, 0.25) is 0 Å². The molecule has 0 bridgehead atoms. The smallest absolute Gasteiger partial charge is 0.254 e. The molecule has 2 unspecified atom stereocenters. The number of rotatable bonds is 4. The summed E-state index contributed by atoms with van der Waals surface area (Å²) < 4.78 is 13.4. The van der Waals surface area contributed by atoms with Gasteiger partial charge in [0.05, 0.1) is 0 Å². The number of carbonyl (C=O) groups is 2. The molecule has 3 aromatic carbocycles. The lowest BCUT2D eigenvalue weighted by molar-refractivity contribution is -0.116. The van der Waals surface area contributed by atoms with Crippen LogP contribution in [0.2, 0.25) is 10.0 Å². The molecule has 0 aromatic heterocycles. The molecule has 4 nitrogen and oxygen atoms in total. The van der Waals surface area contributed by atoms with Crippen LogP contribution in [0.25, 0.3) is 0 Å². The van der Waals surface area contributed by atoms with Gasteiger partial charge < -0.3 is 10.6 Å². The lowest BCUT2D eigenvalue weighted by Gasteiger charge is -2.37. The molecule has 36 heavy (non-hydrogen) atoms. The Morgan fingerprint density at radius 2 is 1.72 bits per heavy atom. The van der Waals surface area contributed by atoms with E-state index < -0.39 is 17.6 Å². The lowest BCUT2D eigenvalue weighted by atomic mass is 9.71. The molecule has 5 rings (SSSR count). The van der Waals surface area contributed by atoms with Gasteiger partial charge in [-0.2, -0.15) is 0 Å². The van der Waals surface area contributed by atoms with Crippen LogP contribution in [0.1, 0.15) is 42.7 Å². The number of ketones is 1. The monoisotopic (exact) mass is 520 g/mol. The molecule has 0 spiro atoms. The molecule has 2 N–H and O–H groups in total. The topological polar surface area (TPSA) is 58.2 Å². The second-order valence-corrected chi connectivity index (χ2v) is 9.90. The number of benzene rings is 3. The van der Waals surface area contributed by atoms with Crippen LogP contribution < -0.4 is 10.6 Å². The maximum absolute atomic E-state index is 13.7. The van der Waals surface area contributed by atoms with Crippen molar-refractivity contribution >= 4 is 40.6 Å². The zero-order valence-electron chi connectivity index (χ0n) is 19.4. The quantitative estimate of drug-likeness (QED) is 0.384. The summed E-state index contributed by atoms with van der Waals surface area (Å²) in [4.78, 5) is 27.3. The summed E-state index contributed by atoms with van der Waals surface area (Å²) in [5.41, 5.74) is 4.53. The molecule has 2 atom stereocenters. The number of allylic oxidation sites excluding steroid dienone is 3. The molecule has 7 heteroatoms. The average molecular weight is 521 g/mol. The fourth-order valence-electron chi connectivity index (χ4n) is 5.08. The number of dihydropyridines is 1. The number of hydrogen-bond acceptors (Lipinski definition) is 3. The van der Waals surface area contributed by atoms with Crippen LogP contribution >= 0.6 is 23.2 Å². The lowest BCUT2D eigenvalue weighted by Crippen LogP contribution is -2.37. The average Bonchev–Trinajstić information content (AvgIpc) is 2.85. The summed E-state index contributed by atoms with van der Waals surface area (Å²) in [6.07, 6.45) is 0.967. The SMILES string of the molecule is CC1=C(C(=O)Nc2ccc(F)cc2)C(c2ccc(Cl)cc2Cl)C2=C(CC(c3ccccc3)CC2=O)N1. The number of hydrogen-bond donors (Lipinski definition) is 2. The summed E-state index contributed by atoms with van der Waals surface area (Å²) >= 11 is 12.8. The van der Waals surface area contributed by atoms with Crippen molar-refractivity contribution in [2.75, 3.05) is 5.32 Å². The van der Waals surface area contributed by atoms with E-state index in [1.165, 1.54) is 24.3 Å². The van der Waals surface area contributed by atoms with Crippen LogP contribution in [-0.4, -0.2) is 11.7 Å². The molecule has 0 saturated carbocycles. The third-order valence-corrected chi connectivity index (χ3v) is 7.28. The molecule has 1 heterocycles. The predicted molar refractivity (Wildman–Crippen MR) is 141 cm³/mol. The van der Waals surface area contributed by atoms with Crippen LogP contribution in [-0.2, 0) is 9.59 Å². The highest BCUT2D eigenvalue weighted by Gasteiger charge is 2.41. The Labute approximate surface area is 218 Å². The number of amides is 1. The Kier molecular flexibility index (Phi) is 6.69. The van der Waals surface area contributed by atoms with Crippen LogP contribution in [0.3, 0.4) is 0 Å². The Bertz CT molecular complexity index is 1410. The van der Waals surface area contributed by atoms with Crippen molar-refractivity contribution in [3.8, 4) is 0 Å². The van der Waals surface area contributed by atoms with Crippen molar-refractivity contribution in [1.82, 2.24) is 5.32 Å². The Balaban J connectivity index is 1.58. The maximum Gasteiger partial charge on any atom is 0.254 e. The molecule has 2 aliphatic rings. The van der Waals surface area contributed by atoms with E-state index in [-0.39, 0.29) is 11.7 Å². The van der Waals surface area contributed by atoms with Crippen molar-refractivity contribution in [2.24, 2.45) is 0 Å². The minimum absolute atomic E-state index is 0.0341. The van der Waals surface area contributed by atoms with Crippen molar-refractivity contribution < 1.29 is 14.0 Å². The zero-order valence-corrected chi connectivity index (χ0v) is 21.0. The van der Waals surface area contributed by atoms with Gasteiger partial charge in [0.15, 0.2) is 5.78 Å². The largest absolute Gasteiger partial charge is 0.362 e. The summed E-state index contributed by atoms with van der Waals surface area (Å²) in [5.74, 6) is -1.46. The van der Waals surface area contributed by atoms with Gasteiger partial charge in [0.25, 0.3) is 5.91 Å². The van der Waals surface area contributed by atoms with Gasteiger partial charge in [0.1, 0.15) is 5.82 Å². The molecule has 1 aliphatic carbocycles. The van der Waals surface area contributed by atoms with Gasteiger partial charge in [-0.3, -0.25) is 9.59 Å². The highest BCUT2D eigenvalue weighted by Crippen LogP contribution is 2.47. The zero-order chi connectivity index (χ0) is 25.4. The van der Waals surface area contributed by atoms with E-state index in [4.69, 9.17) is 23.2 Å². The van der Waals surface area contributed by atoms with Gasteiger partial charge in [0, 0.05) is 50.6 Å². The van der Waals surface area contributed by atoms with Crippen molar-refractivity contribution in [3.05, 3.63) is 122 Å². The first-order chi connectivity index (χ1) is 17.3. The molecule has 0 saturated heterocycles. The fourth-order valence-corrected chi connectivity index (χ4v) is 5.60. The van der Waals surface area contributed by atoms with Gasteiger partial charge >= 0.3 is 0 Å². The van der Waals surface area contributed by atoms with E-state index in [0.717, 1.165) is 11.3 Å². The molecule has 1 amide bonds. The minimum atomic E-state index is -0.671. The Morgan fingerprint density at radius 3 is 2.42 bits per heavy atom. The molecular formula is C29H23Cl2FN2O2. The van der Waals surface area contributed by atoms with Gasteiger partial charge in [-0.1, -0.05) is 59.6 Å². The number of carbonyl (C=O) groups excluding carboxylic acids is 2. The number of anilines is 1. The molecule has 0 radical (unpaired) electrons. The summed E-state index contributed by atoms with van der Waals surface area (Å²) in [5, 5.41) is 7.03. The number of Topliss-reactive ketones (excluding diaryl/α,β-unsaturated/α-hetero) is 1. The number of halogens is 3. The minimum Gasteiger partial charge on any atom is -0.362 e. The first-order valence-electron chi connectivity index (χ1n) is 11.6. The second-order valence-electron chi connectivity index (χ2n) is 9.05. The van der Waals surface area contributed by atoms with E-state index in [0.29, 0.717) is 51.0 Å². The first-order valence-corrected chi connectivity index (χ1v) is 12.4. The second kappa shape index (κ2) is 9.92. The highest BCUT2D eigenvalue weighted by molar-refractivity contribution is 6.35. The van der Waals surface area contributed by atoms with E-state index in [1.807, 2.05) is 37.3 Å². The molecule has 3 aromatic rings. The third-order valence-electron chi connectivity index (χ3n) is 6.72. The molecule has 182 valence electrons. The molecular weight excluding hydrogens is 498 g/mol. The van der Waals surface area contributed by atoms with Gasteiger partial charge in [-0.15, -0.1) is 0 Å². The molecule has 0 fully saturated rings. The van der Waals surface area contributed by atoms with E-state index in [2.05, 4.69) is 10.6 Å². The van der Waals surface area contributed by atoms with Gasteiger partial charge in [-0.05, 0) is 66.8 Å². The van der Waals surface area contributed by atoms with Crippen molar-refractivity contribution in [2.45, 2.75) is 31.6 Å². The van der Waals surface area contributed by atoms with Crippen LogP contribution in [0.4, 0.5) is 10.1 Å². The van der Waals surface area contributed by atoms with Crippen molar-refractivity contribution in [1.29, 1.82) is 0 Å². The summed E-state index contributed by atoms with van der Waals surface area (Å²) in [6.45, 7) is 1.82. The summed E-state index contributed by atoms with van der Waals surface area (Å²) in [7, 11) is 0. The highest BCUT2D eigenvalue weighted by atomic mass is 35.5. The first kappa shape index (κ1) is 24.3. The van der Waals surface area contributed by atoms with Crippen molar-refractivity contribution in [3.63, 3.8) is 0 Å². The van der Waals surface area contributed by atoms with Crippen LogP contribution in [0.15, 0.2) is 95.3 Å².